The average Bonchev–Trinajstić information content (AvgIpc) is 3.60. The second kappa shape index (κ2) is 8.90. The Kier molecular flexibility index (Phi) is 5.76. The van der Waals surface area contributed by atoms with Crippen LogP contribution in [0.2, 0.25) is 0 Å². The van der Waals surface area contributed by atoms with Crippen LogP contribution in [0.3, 0.4) is 0 Å². The maximum Gasteiger partial charge on any atom is 0.293 e. The molecule has 0 aliphatic heterocycles. The van der Waals surface area contributed by atoms with E-state index in [1.807, 2.05) is 32.0 Å². The summed E-state index contributed by atoms with van der Waals surface area (Å²) in [6, 6.07) is 11.0. The first-order valence-electron chi connectivity index (χ1n) is 11.5. The second-order valence-electron chi connectivity index (χ2n) is 8.83. The van der Waals surface area contributed by atoms with E-state index in [0.717, 1.165) is 40.7 Å². The Morgan fingerprint density at radius 1 is 1.06 bits per heavy atom. The van der Waals surface area contributed by atoms with Crippen LogP contribution in [-0.2, 0) is 11.3 Å². The summed E-state index contributed by atoms with van der Waals surface area (Å²) >= 11 is 0. The molecule has 1 aliphatic carbocycles. The molecule has 1 amide bonds. The first kappa shape index (κ1) is 22.6. The molecule has 0 atom stereocenters. The van der Waals surface area contributed by atoms with Crippen LogP contribution >= 0.6 is 0 Å². The minimum Gasteiger partial charge on any atom is -0.493 e. The SMILES string of the molecule is COc1ccc(NC(=O)Cn2nc(C3CC3)c3cnn(-c4ccc(C)c(C)c4)c3c2=O)cc1OC. The van der Waals surface area contributed by atoms with Crippen LogP contribution in [-0.4, -0.2) is 39.7 Å². The Hall–Kier alpha value is -4.14. The molecule has 0 bridgehead atoms. The lowest BCUT2D eigenvalue weighted by molar-refractivity contribution is -0.117. The van der Waals surface area contributed by atoms with Gasteiger partial charge in [-0.2, -0.15) is 10.2 Å². The number of fused-ring (bicyclic) bond motifs is 1. The van der Waals surface area contributed by atoms with Crippen LogP contribution in [0, 0.1) is 13.8 Å². The highest BCUT2D eigenvalue weighted by Gasteiger charge is 2.30. The van der Waals surface area contributed by atoms with Gasteiger partial charge >= 0.3 is 0 Å². The number of benzene rings is 2. The van der Waals surface area contributed by atoms with Crippen molar-refractivity contribution in [3.8, 4) is 17.2 Å². The zero-order chi connectivity index (χ0) is 24.7. The number of nitrogens with zero attached hydrogens (tertiary/aromatic N) is 4. The molecule has 5 rings (SSSR count). The minimum absolute atomic E-state index is 0.221. The number of hydrogen-bond acceptors (Lipinski definition) is 6. The van der Waals surface area contributed by atoms with Crippen molar-refractivity contribution in [1.29, 1.82) is 0 Å². The Morgan fingerprint density at radius 3 is 2.51 bits per heavy atom. The molecule has 2 aromatic heterocycles. The molecule has 1 aliphatic rings. The minimum atomic E-state index is -0.370. The van der Waals surface area contributed by atoms with Gasteiger partial charge in [-0.1, -0.05) is 6.07 Å². The van der Waals surface area contributed by atoms with Crippen LogP contribution in [0.15, 0.2) is 47.4 Å². The first-order chi connectivity index (χ1) is 16.9. The number of methoxy groups -OCH3 is 2. The molecule has 2 aromatic carbocycles. The summed E-state index contributed by atoms with van der Waals surface area (Å²) in [4.78, 5) is 26.4. The molecular weight excluding hydrogens is 446 g/mol. The summed E-state index contributed by atoms with van der Waals surface area (Å²) < 4.78 is 13.4. The molecular formula is C26H27N5O4. The highest BCUT2D eigenvalue weighted by Crippen LogP contribution is 2.41. The predicted octanol–water partition coefficient (Wildman–Crippen LogP) is 3.73. The van der Waals surface area contributed by atoms with Gasteiger partial charge < -0.3 is 14.8 Å². The molecule has 0 saturated heterocycles. The second-order valence-corrected chi connectivity index (χ2v) is 8.83. The predicted molar refractivity (Wildman–Crippen MR) is 133 cm³/mol. The highest BCUT2D eigenvalue weighted by atomic mass is 16.5. The van der Waals surface area contributed by atoms with Crippen molar-refractivity contribution in [3.05, 3.63) is 69.8 Å². The van der Waals surface area contributed by atoms with E-state index in [9.17, 15) is 9.59 Å². The molecule has 35 heavy (non-hydrogen) atoms. The zero-order valence-corrected chi connectivity index (χ0v) is 20.2. The Balaban J connectivity index is 1.52. The number of anilines is 1. The summed E-state index contributed by atoms with van der Waals surface area (Å²) in [5.41, 5.74) is 4.49. The van der Waals surface area contributed by atoms with Gasteiger partial charge in [-0.15, -0.1) is 0 Å². The topological polar surface area (TPSA) is 100 Å². The largest absolute Gasteiger partial charge is 0.493 e. The molecule has 2 heterocycles. The summed E-state index contributed by atoms with van der Waals surface area (Å²) in [7, 11) is 3.07. The van der Waals surface area contributed by atoms with Crippen molar-refractivity contribution < 1.29 is 14.3 Å². The number of rotatable bonds is 7. The number of aryl methyl sites for hydroxylation is 2. The van der Waals surface area contributed by atoms with Gasteiger partial charge in [0.25, 0.3) is 5.56 Å². The van der Waals surface area contributed by atoms with Gasteiger partial charge in [0.05, 0.1) is 31.8 Å². The van der Waals surface area contributed by atoms with Crippen LogP contribution in [0.4, 0.5) is 5.69 Å². The van der Waals surface area contributed by atoms with E-state index < -0.39 is 0 Å². The van der Waals surface area contributed by atoms with Crippen LogP contribution in [0.5, 0.6) is 11.5 Å². The Bertz CT molecular complexity index is 1500. The van der Waals surface area contributed by atoms with E-state index >= 15 is 0 Å². The van der Waals surface area contributed by atoms with Gasteiger partial charge in [-0.3, -0.25) is 9.59 Å². The molecule has 1 fully saturated rings. The lowest BCUT2D eigenvalue weighted by atomic mass is 10.1. The molecule has 1 saturated carbocycles. The van der Waals surface area contributed by atoms with Crippen molar-refractivity contribution >= 4 is 22.5 Å². The van der Waals surface area contributed by atoms with Crippen molar-refractivity contribution in [1.82, 2.24) is 19.6 Å². The highest BCUT2D eigenvalue weighted by molar-refractivity contribution is 5.91. The van der Waals surface area contributed by atoms with Gasteiger partial charge in [0, 0.05) is 23.1 Å². The molecule has 9 nitrogen and oxygen atoms in total. The van der Waals surface area contributed by atoms with Crippen molar-refractivity contribution in [2.45, 2.75) is 39.2 Å². The third kappa shape index (κ3) is 4.25. The Morgan fingerprint density at radius 2 is 1.83 bits per heavy atom. The lowest BCUT2D eigenvalue weighted by Crippen LogP contribution is -2.31. The van der Waals surface area contributed by atoms with E-state index in [-0.39, 0.29) is 23.9 Å². The number of hydrogen-bond donors (Lipinski definition) is 1. The molecule has 0 spiro atoms. The summed E-state index contributed by atoms with van der Waals surface area (Å²) in [6.07, 6.45) is 3.72. The summed E-state index contributed by atoms with van der Waals surface area (Å²) in [6.45, 7) is 3.85. The number of amides is 1. The average molecular weight is 474 g/mol. The van der Waals surface area contributed by atoms with Crippen LogP contribution in [0.25, 0.3) is 16.6 Å². The maximum absolute atomic E-state index is 13.5. The number of aromatic nitrogens is 4. The summed E-state index contributed by atoms with van der Waals surface area (Å²) in [5, 5.41) is 12.7. The number of carbonyl (C=O) groups excluding carboxylic acids is 1. The Labute approximate surface area is 202 Å². The smallest absolute Gasteiger partial charge is 0.293 e. The van der Waals surface area contributed by atoms with Gasteiger partial charge in [0.1, 0.15) is 12.1 Å². The normalized spacial score (nSPS) is 13.1. The maximum atomic E-state index is 13.5. The van der Waals surface area contributed by atoms with E-state index in [0.29, 0.717) is 22.7 Å². The van der Waals surface area contributed by atoms with Crippen molar-refractivity contribution in [2.75, 3.05) is 19.5 Å². The fourth-order valence-electron chi connectivity index (χ4n) is 4.16. The summed E-state index contributed by atoms with van der Waals surface area (Å²) in [5.74, 6) is 0.957. The van der Waals surface area contributed by atoms with Gasteiger partial charge in [0.15, 0.2) is 11.5 Å². The molecule has 9 heteroatoms. The van der Waals surface area contributed by atoms with E-state index in [2.05, 4.69) is 15.5 Å². The number of carbonyl (C=O) groups is 1. The fraction of sp³-hybridized carbons (Fsp3) is 0.308. The van der Waals surface area contributed by atoms with Crippen molar-refractivity contribution in [3.63, 3.8) is 0 Å². The van der Waals surface area contributed by atoms with Crippen molar-refractivity contribution in [2.24, 2.45) is 0 Å². The molecule has 1 N–H and O–H groups in total. The van der Waals surface area contributed by atoms with E-state index in [4.69, 9.17) is 9.47 Å². The number of ether oxygens (including phenoxy) is 2. The monoisotopic (exact) mass is 473 g/mol. The standard InChI is InChI=1S/C26H27N5O4/c1-15-5-9-19(11-16(15)2)31-25-20(13-27-31)24(17-6-7-17)29-30(26(25)33)14-23(32)28-18-8-10-21(34-3)22(12-18)35-4/h5,8-13,17H,6-7,14H2,1-4H3,(H,28,32). The molecule has 180 valence electrons. The van der Waals surface area contributed by atoms with E-state index in [1.165, 1.54) is 11.8 Å². The third-order valence-electron chi connectivity index (χ3n) is 6.37. The van der Waals surface area contributed by atoms with Gasteiger partial charge in [-0.05, 0) is 62.1 Å². The first-order valence-corrected chi connectivity index (χ1v) is 11.5. The fourth-order valence-corrected chi connectivity index (χ4v) is 4.16. The van der Waals surface area contributed by atoms with Gasteiger partial charge in [0.2, 0.25) is 5.91 Å². The number of nitrogens with one attached hydrogen (secondary N) is 1. The molecule has 0 unspecified atom stereocenters. The van der Waals surface area contributed by atoms with Crippen LogP contribution in [0.1, 0.15) is 35.6 Å². The molecule has 4 aromatic rings. The molecule has 0 radical (unpaired) electrons. The van der Waals surface area contributed by atoms with Crippen LogP contribution < -0.4 is 20.3 Å². The quantitative estimate of drug-likeness (QED) is 0.439. The van der Waals surface area contributed by atoms with E-state index in [1.54, 1.807) is 36.2 Å². The third-order valence-corrected chi connectivity index (χ3v) is 6.37. The zero-order valence-electron chi connectivity index (χ0n) is 20.2. The lowest BCUT2D eigenvalue weighted by Gasteiger charge is -2.12. The van der Waals surface area contributed by atoms with Gasteiger partial charge in [-0.25, -0.2) is 9.36 Å².